The average molecular weight is 341 g/mol. The van der Waals surface area contributed by atoms with Crippen LogP contribution in [0.5, 0.6) is 0 Å². The van der Waals surface area contributed by atoms with E-state index in [1.807, 2.05) is 0 Å². The minimum absolute atomic E-state index is 0.155. The standard InChI is InChI=1S/C21H44N2O/c22-20-18-16-14-12-10-8-6-4-2-1-3-5-7-9-11-13-15-17-19-21(23)24/h1-20,22H2,(H2,23,24). The second kappa shape index (κ2) is 20.5. The summed E-state index contributed by atoms with van der Waals surface area (Å²) in [6.45, 7) is 0.858. The Hall–Kier alpha value is -0.570. The SMILES string of the molecule is NCCCCCCCCCCCCCCCCCCCCC(N)=O. The average Bonchev–Trinajstić information content (AvgIpc) is 2.56. The molecule has 0 aliphatic rings. The molecule has 3 nitrogen and oxygen atoms in total. The Balaban J connectivity index is 2.97. The van der Waals surface area contributed by atoms with Crippen LogP contribution in [-0.4, -0.2) is 12.5 Å². The van der Waals surface area contributed by atoms with Gasteiger partial charge >= 0.3 is 0 Å². The molecule has 0 aromatic carbocycles. The van der Waals surface area contributed by atoms with Crippen LogP contribution in [0, 0.1) is 0 Å². The van der Waals surface area contributed by atoms with Crippen LogP contribution in [0.25, 0.3) is 0 Å². The summed E-state index contributed by atoms with van der Waals surface area (Å²) in [5.74, 6) is -0.155. The summed E-state index contributed by atoms with van der Waals surface area (Å²) in [5, 5.41) is 0. The first kappa shape index (κ1) is 23.4. The Kier molecular flexibility index (Phi) is 20.0. The summed E-state index contributed by atoms with van der Waals surface area (Å²) in [5.41, 5.74) is 10.6. The Morgan fingerprint density at radius 1 is 0.458 bits per heavy atom. The predicted octanol–water partition coefficient (Wildman–Crippen LogP) is 5.84. The van der Waals surface area contributed by atoms with Gasteiger partial charge in [-0.1, -0.05) is 103 Å². The van der Waals surface area contributed by atoms with E-state index >= 15 is 0 Å². The van der Waals surface area contributed by atoms with E-state index in [0.717, 1.165) is 19.4 Å². The number of hydrogen-bond acceptors (Lipinski definition) is 2. The predicted molar refractivity (Wildman–Crippen MR) is 106 cm³/mol. The van der Waals surface area contributed by atoms with Gasteiger partial charge in [0, 0.05) is 6.42 Å². The van der Waals surface area contributed by atoms with E-state index in [1.54, 1.807) is 0 Å². The molecule has 0 fully saturated rings. The molecule has 24 heavy (non-hydrogen) atoms. The molecule has 4 N–H and O–H groups in total. The number of carbonyl (C=O) groups is 1. The molecule has 0 radical (unpaired) electrons. The molecule has 0 spiro atoms. The van der Waals surface area contributed by atoms with Gasteiger partial charge < -0.3 is 11.5 Å². The molecule has 0 heterocycles. The highest BCUT2D eigenvalue weighted by molar-refractivity contribution is 5.73. The maximum atomic E-state index is 10.6. The van der Waals surface area contributed by atoms with Crippen molar-refractivity contribution in [3.8, 4) is 0 Å². The second-order valence-electron chi connectivity index (χ2n) is 7.37. The molecule has 0 aromatic heterocycles. The van der Waals surface area contributed by atoms with Crippen molar-refractivity contribution < 1.29 is 4.79 Å². The first-order valence-electron chi connectivity index (χ1n) is 10.8. The van der Waals surface area contributed by atoms with E-state index in [-0.39, 0.29) is 5.91 Å². The highest BCUT2D eigenvalue weighted by Crippen LogP contribution is 2.14. The molecule has 0 rings (SSSR count). The monoisotopic (exact) mass is 340 g/mol. The Bertz CT molecular complexity index is 256. The van der Waals surface area contributed by atoms with Crippen molar-refractivity contribution in [3.63, 3.8) is 0 Å². The fourth-order valence-corrected chi connectivity index (χ4v) is 3.27. The van der Waals surface area contributed by atoms with Gasteiger partial charge in [0.25, 0.3) is 0 Å². The molecule has 3 heteroatoms. The molecule has 0 unspecified atom stereocenters. The number of carbonyl (C=O) groups excluding carboxylic acids is 1. The molecule has 0 aliphatic heterocycles. The van der Waals surface area contributed by atoms with Crippen LogP contribution < -0.4 is 11.5 Å². The fraction of sp³-hybridized carbons (Fsp3) is 0.952. The molecule has 144 valence electrons. The molecule has 1 amide bonds. The van der Waals surface area contributed by atoms with Crippen molar-refractivity contribution in [2.45, 2.75) is 122 Å². The zero-order chi connectivity index (χ0) is 17.7. The quantitative estimate of drug-likeness (QED) is 0.273. The lowest BCUT2D eigenvalue weighted by atomic mass is 10.0. The highest BCUT2D eigenvalue weighted by atomic mass is 16.1. The normalized spacial score (nSPS) is 11.0. The molecular weight excluding hydrogens is 296 g/mol. The second-order valence-corrected chi connectivity index (χ2v) is 7.37. The van der Waals surface area contributed by atoms with E-state index in [9.17, 15) is 4.79 Å². The zero-order valence-corrected chi connectivity index (χ0v) is 16.2. The molecule has 0 aromatic rings. The lowest BCUT2D eigenvalue weighted by molar-refractivity contribution is -0.118. The minimum atomic E-state index is -0.155. The third-order valence-electron chi connectivity index (χ3n) is 4.88. The number of hydrogen-bond donors (Lipinski definition) is 2. The molecule has 0 saturated carbocycles. The van der Waals surface area contributed by atoms with Gasteiger partial charge in [-0.25, -0.2) is 0 Å². The van der Waals surface area contributed by atoms with Crippen LogP contribution >= 0.6 is 0 Å². The first-order chi connectivity index (χ1) is 11.8. The largest absolute Gasteiger partial charge is 0.370 e. The van der Waals surface area contributed by atoms with E-state index in [1.165, 1.54) is 103 Å². The van der Waals surface area contributed by atoms with Crippen LogP contribution in [0.3, 0.4) is 0 Å². The van der Waals surface area contributed by atoms with Gasteiger partial charge in [0.05, 0.1) is 0 Å². The highest BCUT2D eigenvalue weighted by Gasteiger charge is 1.96. The van der Waals surface area contributed by atoms with Crippen molar-refractivity contribution >= 4 is 5.91 Å². The molecule has 0 bridgehead atoms. The Morgan fingerprint density at radius 2 is 0.708 bits per heavy atom. The van der Waals surface area contributed by atoms with Crippen LogP contribution in [0.4, 0.5) is 0 Å². The summed E-state index contributed by atoms with van der Waals surface area (Å²) in [6, 6.07) is 0. The Morgan fingerprint density at radius 3 is 0.958 bits per heavy atom. The summed E-state index contributed by atoms with van der Waals surface area (Å²) in [4.78, 5) is 10.6. The number of primary amides is 1. The van der Waals surface area contributed by atoms with E-state index < -0.39 is 0 Å². The maximum Gasteiger partial charge on any atom is 0.217 e. The lowest BCUT2D eigenvalue weighted by Crippen LogP contribution is -2.09. The topological polar surface area (TPSA) is 69.1 Å². The summed E-state index contributed by atoms with van der Waals surface area (Å²) >= 11 is 0. The van der Waals surface area contributed by atoms with Gasteiger partial charge in [-0.3, -0.25) is 4.79 Å². The van der Waals surface area contributed by atoms with Crippen LogP contribution in [0.2, 0.25) is 0 Å². The van der Waals surface area contributed by atoms with Crippen molar-refractivity contribution in [1.82, 2.24) is 0 Å². The lowest BCUT2D eigenvalue weighted by Gasteiger charge is -2.03. The Labute approximate surface area is 151 Å². The molecule has 0 saturated heterocycles. The first-order valence-corrected chi connectivity index (χ1v) is 10.8. The van der Waals surface area contributed by atoms with E-state index in [0.29, 0.717) is 6.42 Å². The van der Waals surface area contributed by atoms with Crippen LogP contribution in [-0.2, 0) is 4.79 Å². The summed E-state index contributed by atoms with van der Waals surface area (Å²) in [6.07, 6.45) is 24.7. The third-order valence-corrected chi connectivity index (χ3v) is 4.88. The van der Waals surface area contributed by atoms with Crippen molar-refractivity contribution in [2.24, 2.45) is 11.5 Å². The van der Waals surface area contributed by atoms with Gasteiger partial charge in [0.2, 0.25) is 5.91 Å². The number of nitrogens with two attached hydrogens (primary N) is 2. The smallest absolute Gasteiger partial charge is 0.217 e. The van der Waals surface area contributed by atoms with Crippen LogP contribution in [0.1, 0.15) is 122 Å². The van der Waals surface area contributed by atoms with Gasteiger partial charge in [-0.2, -0.15) is 0 Å². The number of amides is 1. The van der Waals surface area contributed by atoms with Gasteiger partial charge in [-0.05, 0) is 19.4 Å². The number of rotatable bonds is 20. The van der Waals surface area contributed by atoms with Crippen LogP contribution in [0.15, 0.2) is 0 Å². The van der Waals surface area contributed by atoms with Gasteiger partial charge in [-0.15, -0.1) is 0 Å². The van der Waals surface area contributed by atoms with Crippen molar-refractivity contribution in [2.75, 3.05) is 6.54 Å². The minimum Gasteiger partial charge on any atom is -0.370 e. The molecule has 0 atom stereocenters. The van der Waals surface area contributed by atoms with Gasteiger partial charge in [0.1, 0.15) is 0 Å². The van der Waals surface area contributed by atoms with E-state index in [2.05, 4.69) is 0 Å². The maximum absolute atomic E-state index is 10.6. The van der Waals surface area contributed by atoms with Gasteiger partial charge in [0.15, 0.2) is 0 Å². The van der Waals surface area contributed by atoms with E-state index in [4.69, 9.17) is 11.5 Å². The van der Waals surface area contributed by atoms with Crippen molar-refractivity contribution in [3.05, 3.63) is 0 Å². The summed E-state index contributed by atoms with van der Waals surface area (Å²) in [7, 11) is 0. The zero-order valence-electron chi connectivity index (χ0n) is 16.2. The summed E-state index contributed by atoms with van der Waals surface area (Å²) < 4.78 is 0. The molecular formula is C21H44N2O. The van der Waals surface area contributed by atoms with Crippen molar-refractivity contribution in [1.29, 1.82) is 0 Å². The number of unbranched alkanes of at least 4 members (excludes halogenated alkanes) is 17. The molecule has 0 aliphatic carbocycles. The fourth-order valence-electron chi connectivity index (χ4n) is 3.27. The third kappa shape index (κ3) is 21.4.